The molecule has 0 bridgehead atoms. The summed E-state index contributed by atoms with van der Waals surface area (Å²) in [6, 6.07) is 6.74. The summed E-state index contributed by atoms with van der Waals surface area (Å²) in [7, 11) is 0. The molecule has 2 aliphatic rings. The van der Waals surface area contributed by atoms with Crippen LogP contribution in [0.25, 0.3) is 0 Å². The molecular weight excluding hydrogens is 238 g/mol. The Hall–Kier alpha value is -1.06. The zero-order valence-corrected chi connectivity index (χ0v) is 11.6. The van der Waals surface area contributed by atoms with Crippen molar-refractivity contribution in [3.05, 3.63) is 29.3 Å². The molecule has 0 aromatic heterocycles. The summed E-state index contributed by atoms with van der Waals surface area (Å²) in [6.45, 7) is 4.07. The van der Waals surface area contributed by atoms with Crippen LogP contribution in [0.1, 0.15) is 43.4 Å². The number of rotatable bonds is 3. The molecule has 3 unspecified atom stereocenters. The lowest BCUT2D eigenvalue weighted by atomic mass is 9.86. The third kappa shape index (κ3) is 2.77. The van der Waals surface area contributed by atoms with Crippen LogP contribution >= 0.6 is 0 Å². The summed E-state index contributed by atoms with van der Waals surface area (Å²) in [5.74, 6) is 1.03. The standard InChI is InChI=1S/C16H23NO2/c1-11(13-7-8-19-10-13)17-16-4-2-3-12-9-14(18)5-6-15(12)16/h5-6,9,11,13,16-18H,2-4,7-8,10H2,1H3. The molecule has 0 radical (unpaired) electrons. The van der Waals surface area contributed by atoms with Crippen LogP contribution in [0.4, 0.5) is 0 Å². The first-order valence-electron chi connectivity index (χ1n) is 7.39. The molecule has 1 aromatic carbocycles. The van der Waals surface area contributed by atoms with Crippen molar-refractivity contribution in [2.45, 2.75) is 44.7 Å². The van der Waals surface area contributed by atoms with Crippen molar-refractivity contribution in [3.63, 3.8) is 0 Å². The summed E-state index contributed by atoms with van der Waals surface area (Å²) >= 11 is 0. The van der Waals surface area contributed by atoms with E-state index < -0.39 is 0 Å². The molecule has 0 spiro atoms. The van der Waals surface area contributed by atoms with E-state index in [0.717, 1.165) is 19.6 Å². The molecule has 3 nitrogen and oxygen atoms in total. The summed E-state index contributed by atoms with van der Waals surface area (Å²) in [6.07, 6.45) is 4.64. The number of phenols is 1. The summed E-state index contributed by atoms with van der Waals surface area (Å²) < 4.78 is 5.48. The van der Waals surface area contributed by atoms with Crippen LogP contribution in [0.5, 0.6) is 5.75 Å². The van der Waals surface area contributed by atoms with Gasteiger partial charge in [0.25, 0.3) is 0 Å². The van der Waals surface area contributed by atoms with E-state index in [1.807, 2.05) is 12.1 Å². The third-order valence-corrected chi connectivity index (χ3v) is 4.58. The maximum atomic E-state index is 9.59. The van der Waals surface area contributed by atoms with E-state index >= 15 is 0 Å². The van der Waals surface area contributed by atoms with Crippen molar-refractivity contribution < 1.29 is 9.84 Å². The van der Waals surface area contributed by atoms with Crippen LogP contribution in [0, 0.1) is 5.92 Å². The highest BCUT2D eigenvalue weighted by atomic mass is 16.5. The van der Waals surface area contributed by atoms with Gasteiger partial charge in [-0.3, -0.25) is 0 Å². The molecule has 0 saturated carbocycles. The van der Waals surface area contributed by atoms with Gasteiger partial charge < -0.3 is 15.2 Å². The van der Waals surface area contributed by atoms with Gasteiger partial charge in [0, 0.05) is 18.7 Å². The number of aromatic hydroxyl groups is 1. The van der Waals surface area contributed by atoms with Crippen LogP contribution in [-0.4, -0.2) is 24.4 Å². The second-order valence-corrected chi connectivity index (χ2v) is 5.91. The highest BCUT2D eigenvalue weighted by Gasteiger charge is 2.27. The summed E-state index contributed by atoms with van der Waals surface area (Å²) in [5, 5.41) is 13.4. The van der Waals surface area contributed by atoms with Gasteiger partial charge in [0.1, 0.15) is 5.75 Å². The first-order valence-corrected chi connectivity index (χ1v) is 7.39. The van der Waals surface area contributed by atoms with Crippen molar-refractivity contribution in [2.75, 3.05) is 13.2 Å². The Bertz CT molecular complexity index is 440. The fourth-order valence-corrected chi connectivity index (χ4v) is 3.37. The van der Waals surface area contributed by atoms with Gasteiger partial charge in [-0.1, -0.05) is 6.07 Å². The minimum atomic E-state index is 0.386. The lowest BCUT2D eigenvalue weighted by Crippen LogP contribution is -2.38. The normalized spacial score (nSPS) is 28.1. The van der Waals surface area contributed by atoms with Crippen LogP contribution in [0.3, 0.4) is 0 Å². The number of fused-ring (bicyclic) bond motifs is 1. The van der Waals surface area contributed by atoms with Crippen LogP contribution in [0.15, 0.2) is 18.2 Å². The quantitative estimate of drug-likeness (QED) is 0.879. The van der Waals surface area contributed by atoms with Crippen molar-refractivity contribution in [1.82, 2.24) is 5.32 Å². The average molecular weight is 261 g/mol. The number of hydrogen-bond donors (Lipinski definition) is 2. The molecule has 19 heavy (non-hydrogen) atoms. The van der Waals surface area contributed by atoms with E-state index in [1.54, 1.807) is 0 Å². The van der Waals surface area contributed by atoms with Gasteiger partial charge in [-0.25, -0.2) is 0 Å². The SMILES string of the molecule is CC(NC1CCCc2cc(O)ccc21)C1CCOC1. The Kier molecular flexibility index (Phi) is 3.76. The van der Waals surface area contributed by atoms with Crippen molar-refractivity contribution >= 4 is 0 Å². The number of nitrogens with one attached hydrogen (secondary N) is 1. The molecule has 1 heterocycles. The average Bonchev–Trinajstić information content (AvgIpc) is 2.92. The van der Waals surface area contributed by atoms with Crippen molar-refractivity contribution in [2.24, 2.45) is 5.92 Å². The molecule has 1 saturated heterocycles. The number of phenolic OH excluding ortho intramolecular Hbond substituents is 1. The van der Waals surface area contributed by atoms with Crippen molar-refractivity contribution in [1.29, 1.82) is 0 Å². The zero-order valence-electron chi connectivity index (χ0n) is 11.6. The molecule has 2 N–H and O–H groups in total. The molecule has 0 amide bonds. The number of hydrogen-bond acceptors (Lipinski definition) is 3. The lowest BCUT2D eigenvalue weighted by Gasteiger charge is -2.31. The highest BCUT2D eigenvalue weighted by molar-refractivity contribution is 5.38. The molecule has 3 rings (SSSR count). The second-order valence-electron chi connectivity index (χ2n) is 5.91. The molecule has 1 aromatic rings. The lowest BCUT2D eigenvalue weighted by molar-refractivity contribution is 0.176. The molecule has 3 heteroatoms. The minimum absolute atomic E-state index is 0.386. The van der Waals surface area contributed by atoms with Gasteiger partial charge in [0.15, 0.2) is 0 Å². The molecule has 1 fully saturated rings. The highest BCUT2D eigenvalue weighted by Crippen LogP contribution is 2.33. The topological polar surface area (TPSA) is 41.5 Å². The predicted molar refractivity (Wildman–Crippen MR) is 75.3 cm³/mol. The van der Waals surface area contributed by atoms with E-state index in [2.05, 4.69) is 18.3 Å². The molecule has 3 atom stereocenters. The van der Waals surface area contributed by atoms with E-state index in [0.29, 0.717) is 23.8 Å². The number of aryl methyl sites for hydroxylation is 1. The van der Waals surface area contributed by atoms with E-state index in [1.165, 1.54) is 30.4 Å². The molecular formula is C16H23NO2. The maximum absolute atomic E-state index is 9.59. The van der Waals surface area contributed by atoms with Gasteiger partial charge in [-0.15, -0.1) is 0 Å². The number of ether oxygens (including phenoxy) is 1. The number of benzene rings is 1. The van der Waals surface area contributed by atoms with Crippen LogP contribution < -0.4 is 5.32 Å². The van der Waals surface area contributed by atoms with Gasteiger partial charge in [0.2, 0.25) is 0 Å². The van der Waals surface area contributed by atoms with E-state index in [9.17, 15) is 5.11 Å². The monoisotopic (exact) mass is 261 g/mol. The zero-order chi connectivity index (χ0) is 13.2. The Morgan fingerprint density at radius 3 is 3.05 bits per heavy atom. The minimum Gasteiger partial charge on any atom is -0.508 e. The van der Waals surface area contributed by atoms with E-state index in [-0.39, 0.29) is 0 Å². The van der Waals surface area contributed by atoms with Crippen LogP contribution in [0.2, 0.25) is 0 Å². The Morgan fingerprint density at radius 1 is 1.37 bits per heavy atom. The van der Waals surface area contributed by atoms with Gasteiger partial charge in [-0.2, -0.15) is 0 Å². The van der Waals surface area contributed by atoms with Gasteiger partial charge in [-0.05, 0) is 61.8 Å². The fraction of sp³-hybridized carbons (Fsp3) is 0.625. The van der Waals surface area contributed by atoms with Crippen LogP contribution in [-0.2, 0) is 11.2 Å². The molecule has 104 valence electrons. The largest absolute Gasteiger partial charge is 0.508 e. The third-order valence-electron chi connectivity index (χ3n) is 4.58. The first-order chi connectivity index (χ1) is 9.24. The van der Waals surface area contributed by atoms with Gasteiger partial charge >= 0.3 is 0 Å². The Balaban J connectivity index is 1.72. The summed E-state index contributed by atoms with van der Waals surface area (Å²) in [4.78, 5) is 0. The smallest absolute Gasteiger partial charge is 0.115 e. The van der Waals surface area contributed by atoms with Crippen molar-refractivity contribution in [3.8, 4) is 5.75 Å². The maximum Gasteiger partial charge on any atom is 0.115 e. The Labute approximate surface area is 115 Å². The first kappa shape index (κ1) is 12.9. The summed E-state index contributed by atoms with van der Waals surface area (Å²) in [5.41, 5.74) is 2.67. The Morgan fingerprint density at radius 2 is 2.26 bits per heavy atom. The second kappa shape index (κ2) is 5.51. The van der Waals surface area contributed by atoms with Gasteiger partial charge in [0.05, 0.1) is 6.61 Å². The molecule has 1 aliphatic carbocycles. The fourth-order valence-electron chi connectivity index (χ4n) is 3.37. The van der Waals surface area contributed by atoms with E-state index in [4.69, 9.17) is 4.74 Å². The predicted octanol–water partition coefficient (Wildman–Crippen LogP) is 2.78. The molecule has 1 aliphatic heterocycles.